The van der Waals surface area contributed by atoms with Gasteiger partial charge in [0.2, 0.25) is 0 Å². The summed E-state index contributed by atoms with van der Waals surface area (Å²) in [5.74, 6) is 0.751. The van der Waals surface area contributed by atoms with E-state index in [0.717, 1.165) is 27.8 Å². The molecule has 0 atom stereocenters. The lowest BCUT2D eigenvalue weighted by atomic mass is 10.1. The van der Waals surface area contributed by atoms with Crippen LogP contribution in [-0.2, 0) is 0 Å². The third-order valence-electron chi connectivity index (χ3n) is 3.17. The fraction of sp³-hybridized carbons (Fsp3) is 0.294. The van der Waals surface area contributed by atoms with E-state index in [1.165, 1.54) is 12.8 Å². The van der Waals surface area contributed by atoms with Crippen molar-refractivity contribution in [3.63, 3.8) is 0 Å². The average molecular weight is 334 g/mol. The fourth-order valence-corrected chi connectivity index (χ4v) is 2.68. The Morgan fingerprint density at radius 1 is 1.05 bits per heavy atom. The molecule has 0 aliphatic heterocycles. The molecule has 0 heterocycles. The quantitative estimate of drug-likeness (QED) is 0.577. The highest BCUT2D eigenvalue weighted by molar-refractivity contribution is 9.10. The van der Waals surface area contributed by atoms with Crippen molar-refractivity contribution in [1.29, 1.82) is 0 Å². The first kappa shape index (κ1) is 14.9. The zero-order chi connectivity index (χ0) is 14.4. The number of hydrogen-bond donors (Lipinski definition) is 1. The Morgan fingerprint density at radius 3 is 2.45 bits per heavy atom. The van der Waals surface area contributed by atoms with Gasteiger partial charge in [-0.1, -0.05) is 50.1 Å². The summed E-state index contributed by atoms with van der Waals surface area (Å²) in [4.78, 5) is 0. The molecule has 3 heteroatoms. The van der Waals surface area contributed by atoms with Crippen molar-refractivity contribution in [1.82, 2.24) is 0 Å². The largest absolute Gasteiger partial charge is 0.490 e. The molecule has 2 rings (SSSR count). The van der Waals surface area contributed by atoms with Gasteiger partial charge in [-0.25, -0.2) is 0 Å². The van der Waals surface area contributed by atoms with Gasteiger partial charge in [0, 0.05) is 0 Å². The van der Waals surface area contributed by atoms with Crippen molar-refractivity contribution in [2.24, 2.45) is 0 Å². The molecular formula is C17H20BrNO. The molecule has 0 bridgehead atoms. The highest BCUT2D eigenvalue weighted by Crippen LogP contribution is 2.36. The molecule has 0 amide bonds. The van der Waals surface area contributed by atoms with Crippen molar-refractivity contribution < 1.29 is 4.74 Å². The molecule has 0 saturated carbocycles. The molecule has 0 radical (unpaired) electrons. The SMILES string of the molecule is CCCCCOc1c(N)cc(-c2ccccc2)cc1Br. The molecule has 0 aliphatic rings. The molecule has 2 nitrogen and oxygen atoms in total. The van der Waals surface area contributed by atoms with Crippen LogP contribution in [0.3, 0.4) is 0 Å². The van der Waals surface area contributed by atoms with Crippen molar-refractivity contribution in [3.8, 4) is 16.9 Å². The summed E-state index contributed by atoms with van der Waals surface area (Å²) >= 11 is 3.56. The third kappa shape index (κ3) is 3.76. The number of anilines is 1. The Bertz CT molecular complexity index is 531. The van der Waals surface area contributed by atoms with Gasteiger partial charge in [-0.3, -0.25) is 0 Å². The smallest absolute Gasteiger partial charge is 0.156 e. The average Bonchev–Trinajstić information content (AvgIpc) is 2.46. The van der Waals surface area contributed by atoms with Crippen molar-refractivity contribution in [2.75, 3.05) is 12.3 Å². The van der Waals surface area contributed by atoms with Crippen LogP contribution in [0.15, 0.2) is 46.9 Å². The van der Waals surface area contributed by atoms with Gasteiger partial charge < -0.3 is 10.5 Å². The molecule has 0 aromatic heterocycles. The summed E-state index contributed by atoms with van der Waals surface area (Å²) in [5.41, 5.74) is 9.04. The van der Waals surface area contributed by atoms with Gasteiger partial charge in [0.1, 0.15) is 0 Å². The van der Waals surface area contributed by atoms with Crippen LogP contribution in [0.5, 0.6) is 5.75 Å². The summed E-state index contributed by atoms with van der Waals surface area (Å²) in [6.07, 6.45) is 3.43. The molecule has 0 unspecified atom stereocenters. The molecule has 0 spiro atoms. The number of halogens is 1. The van der Waals surface area contributed by atoms with Crippen molar-refractivity contribution in [3.05, 3.63) is 46.9 Å². The minimum absolute atomic E-state index is 0.676. The molecule has 0 aliphatic carbocycles. The maximum Gasteiger partial charge on any atom is 0.156 e. The monoisotopic (exact) mass is 333 g/mol. The third-order valence-corrected chi connectivity index (χ3v) is 3.76. The van der Waals surface area contributed by atoms with Crippen LogP contribution in [0.2, 0.25) is 0 Å². The lowest BCUT2D eigenvalue weighted by molar-refractivity contribution is 0.306. The summed E-state index contributed by atoms with van der Waals surface area (Å²) in [6, 6.07) is 14.2. The zero-order valence-corrected chi connectivity index (χ0v) is 13.3. The second kappa shape index (κ2) is 7.34. The van der Waals surface area contributed by atoms with Crippen molar-refractivity contribution >= 4 is 21.6 Å². The molecule has 106 valence electrons. The number of unbranched alkanes of at least 4 members (excludes halogenated alkanes) is 2. The van der Waals surface area contributed by atoms with Gasteiger partial charge in [-0.05, 0) is 45.6 Å². The van der Waals surface area contributed by atoms with Gasteiger partial charge in [-0.15, -0.1) is 0 Å². The Balaban J connectivity index is 2.17. The first-order valence-corrected chi connectivity index (χ1v) is 7.79. The number of nitrogen functional groups attached to an aromatic ring is 1. The van der Waals surface area contributed by atoms with Crippen LogP contribution in [-0.4, -0.2) is 6.61 Å². The summed E-state index contributed by atoms with van der Waals surface area (Å²) in [5, 5.41) is 0. The Labute approximate surface area is 129 Å². The number of benzene rings is 2. The maximum atomic E-state index is 6.12. The number of hydrogen-bond acceptors (Lipinski definition) is 2. The van der Waals surface area contributed by atoms with Gasteiger partial charge in [-0.2, -0.15) is 0 Å². The van der Waals surface area contributed by atoms with E-state index in [1.54, 1.807) is 0 Å². The van der Waals surface area contributed by atoms with Gasteiger partial charge >= 0.3 is 0 Å². The van der Waals surface area contributed by atoms with Gasteiger partial charge in [0.25, 0.3) is 0 Å². The first-order valence-electron chi connectivity index (χ1n) is 6.99. The topological polar surface area (TPSA) is 35.2 Å². The molecule has 0 saturated heterocycles. The number of ether oxygens (including phenoxy) is 1. The highest BCUT2D eigenvalue weighted by atomic mass is 79.9. The first-order chi connectivity index (χ1) is 9.72. The van der Waals surface area contributed by atoms with E-state index in [-0.39, 0.29) is 0 Å². The summed E-state index contributed by atoms with van der Waals surface area (Å²) < 4.78 is 6.70. The minimum atomic E-state index is 0.676. The predicted octanol–water partition coefficient (Wildman–Crippen LogP) is 5.27. The van der Waals surface area contributed by atoms with Crippen LogP contribution in [0.1, 0.15) is 26.2 Å². The minimum Gasteiger partial charge on any atom is -0.490 e. The second-order valence-electron chi connectivity index (χ2n) is 4.80. The second-order valence-corrected chi connectivity index (χ2v) is 5.65. The zero-order valence-electron chi connectivity index (χ0n) is 11.7. The Hall–Kier alpha value is -1.48. The molecule has 2 aromatic rings. The Morgan fingerprint density at radius 2 is 1.80 bits per heavy atom. The van der Waals surface area contributed by atoms with E-state index in [4.69, 9.17) is 10.5 Å². The van der Waals surface area contributed by atoms with Crippen LogP contribution in [0, 0.1) is 0 Å². The van der Waals surface area contributed by atoms with Crippen LogP contribution in [0.4, 0.5) is 5.69 Å². The number of nitrogens with two attached hydrogens (primary N) is 1. The predicted molar refractivity (Wildman–Crippen MR) is 89.0 cm³/mol. The molecule has 2 aromatic carbocycles. The standard InChI is InChI=1S/C17H20BrNO/c1-2-3-7-10-20-17-15(18)11-14(12-16(17)19)13-8-5-4-6-9-13/h4-6,8-9,11-12H,2-3,7,10,19H2,1H3. The number of rotatable bonds is 6. The van der Waals surface area contributed by atoms with E-state index in [2.05, 4.69) is 41.1 Å². The lowest BCUT2D eigenvalue weighted by Crippen LogP contribution is -2.01. The van der Waals surface area contributed by atoms with E-state index in [0.29, 0.717) is 12.3 Å². The molecule has 2 N–H and O–H groups in total. The van der Waals surface area contributed by atoms with Crippen molar-refractivity contribution in [2.45, 2.75) is 26.2 Å². The lowest BCUT2D eigenvalue weighted by Gasteiger charge is -2.13. The Kier molecular flexibility index (Phi) is 5.48. The fourth-order valence-electron chi connectivity index (χ4n) is 2.09. The molecule has 0 fully saturated rings. The van der Waals surface area contributed by atoms with Crippen LogP contribution < -0.4 is 10.5 Å². The van der Waals surface area contributed by atoms with E-state index < -0.39 is 0 Å². The summed E-state index contributed by atoms with van der Waals surface area (Å²) in [7, 11) is 0. The maximum absolute atomic E-state index is 6.12. The highest BCUT2D eigenvalue weighted by Gasteiger charge is 2.09. The van der Waals surface area contributed by atoms with Crippen LogP contribution >= 0.6 is 15.9 Å². The van der Waals surface area contributed by atoms with E-state index in [9.17, 15) is 0 Å². The van der Waals surface area contributed by atoms with Gasteiger partial charge in [0.15, 0.2) is 5.75 Å². The normalized spacial score (nSPS) is 10.5. The van der Waals surface area contributed by atoms with Gasteiger partial charge in [0.05, 0.1) is 16.8 Å². The van der Waals surface area contributed by atoms with E-state index >= 15 is 0 Å². The summed E-state index contributed by atoms with van der Waals surface area (Å²) in [6.45, 7) is 2.89. The van der Waals surface area contributed by atoms with Crippen LogP contribution in [0.25, 0.3) is 11.1 Å². The molecule has 20 heavy (non-hydrogen) atoms. The van der Waals surface area contributed by atoms with E-state index in [1.807, 2.05) is 24.3 Å². The molecular weight excluding hydrogens is 314 g/mol.